The molecule has 0 spiro atoms. The van der Waals surface area contributed by atoms with Crippen LogP contribution in [0.4, 0.5) is 0 Å². The molecule has 2 saturated carbocycles. The van der Waals surface area contributed by atoms with Crippen LogP contribution in [0, 0.1) is 39.4 Å². The number of carbonyl (C=O) groups excluding carboxylic acids is 1. The molecule has 0 heterocycles. The SMILES string of the molecule is CC(CCC(O)C(C)(C)O)C1CCC2(C)C3=C(CCC12C)C1(C)CCC(=O)C(C)(C)C1CC3. The Labute approximate surface area is 202 Å². The Morgan fingerprint density at radius 2 is 1.61 bits per heavy atom. The summed E-state index contributed by atoms with van der Waals surface area (Å²) in [6, 6.07) is 0. The first-order chi connectivity index (χ1) is 15.1. The molecule has 3 heteroatoms. The van der Waals surface area contributed by atoms with E-state index in [1.807, 2.05) is 0 Å². The number of aliphatic hydroxyl groups excluding tert-OH is 1. The molecule has 0 amide bonds. The van der Waals surface area contributed by atoms with Crippen LogP contribution in [0.1, 0.15) is 120 Å². The van der Waals surface area contributed by atoms with Crippen LogP contribution < -0.4 is 0 Å². The fourth-order valence-electron chi connectivity index (χ4n) is 9.42. The van der Waals surface area contributed by atoms with E-state index in [4.69, 9.17) is 0 Å². The van der Waals surface area contributed by atoms with Crippen LogP contribution in [0.5, 0.6) is 0 Å². The fourth-order valence-corrected chi connectivity index (χ4v) is 9.42. The van der Waals surface area contributed by atoms with Gasteiger partial charge in [0.05, 0.1) is 11.7 Å². The van der Waals surface area contributed by atoms with Gasteiger partial charge in [0.1, 0.15) is 5.78 Å². The van der Waals surface area contributed by atoms with Gasteiger partial charge in [-0.15, -0.1) is 0 Å². The van der Waals surface area contributed by atoms with Gasteiger partial charge in [-0.1, -0.05) is 52.7 Å². The number of fused-ring (bicyclic) bond motifs is 4. The molecular weight excluding hydrogens is 408 g/mol. The highest BCUT2D eigenvalue weighted by Crippen LogP contribution is 2.72. The summed E-state index contributed by atoms with van der Waals surface area (Å²) in [7, 11) is 0. The third-order valence-corrected chi connectivity index (χ3v) is 12.0. The standard InChI is InChI=1S/C30H50O3/c1-19(9-12-25(32)27(4,5)33)20-13-17-30(8)22-10-11-23-26(2,3)24(31)15-16-28(23,6)21(22)14-18-29(20,30)7/h19-20,23,25,32-33H,9-18H2,1-8H3. The van der Waals surface area contributed by atoms with E-state index < -0.39 is 11.7 Å². The van der Waals surface area contributed by atoms with Crippen molar-refractivity contribution in [2.45, 2.75) is 131 Å². The zero-order valence-electron chi connectivity index (χ0n) is 22.7. The summed E-state index contributed by atoms with van der Waals surface area (Å²) in [5.74, 6) is 2.18. The summed E-state index contributed by atoms with van der Waals surface area (Å²) in [6.07, 6.45) is 10.1. The number of Topliss-reactive ketones (excluding diaryl/α,β-unsaturated/α-hetero) is 1. The predicted octanol–water partition coefficient (Wildman–Crippen LogP) is 6.85. The maximum Gasteiger partial charge on any atom is 0.138 e. The van der Waals surface area contributed by atoms with Gasteiger partial charge in [-0.2, -0.15) is 0 Å². The molecule has 4 aliphatic carbocycles. The van der Waals surface area contributed by atoms with Crippen LogP contribution in [0.15, 0.2) is 11.1 Å². The molecule has 188 valence electrons. The highest BCUT2D eigenvalue weighted by molar-refractivity contribution is 5.85. The van der Waals surface area contributed by atoms with Crippen molar-refractivity contribution < 1.29 is 15.0 Å². The number of carbonyl (C=O) groups is 1. The minimum absolute atomic E-state index is 0.190. The van der Waals surface area contributed by atoms with Crippen LogP contribution in [0.25, 0.3) is 0 Å². The zero-order chi connectivity index (χ0) is 24.6. The largest absolute Gasteiger partial charge is 0.390 e. The average Bonchev–Trinajstić information content (AvgIpc) is 3.00. The summed E-state index contributed by atoms with van der Waals surface area (Å²) in [4.78, 5) is 12.8. The van der Waals surface area contributed by atoms with Crippen LogP contribution in [-0.2, 0) is 4.79 Å². The van der Waals surface area contributed by atoms with E-state index in [-0.39, 0.29) is 16.2 Å². The van der Waals surface area contributed by atoms with Gasteiger partial charge in [-0.3, -0.25) is 4.79 Å². The second-order valence-electron chi connectivity index (χ2n) is 14.2. The van der Waals surface area contributed by atoms with Crippen molar-refractivity contribution in [3.05, 3.63) is 11.1 Å². The van der Waals surface area contributed by atoms with Gasteiger partial charge in [0.25, 0.3) is 0 Å². The highest BCUT2D eigenvalue weighted by Gasteiger charge is 2.63. The Bertz CT molecular complexity index is 832. The van der Waals surface area contributed by atoms with Crippen molar-refractivity contribution in [3.63, 3.8) is 0 Å². The summed E-state index contributed by atoms with van der Waals surface area (Å²) < 4.78 is 0. The summed E-state index contributed by atoms with van der Waals surface area (Å²) in [5.41, 5.74) is 3.04. The monoisotopic (exact) mass is 458 g/mol. The molecule has 2 N–H and O–H groups in total. The maximum atomic E-state index is 12.8. The molecule has 7 unspecified atom stereocenters. The number of aliphatic hydroxyl groups is 2. The molecule has 2 fully saturated rings. The van der Waals surface area contributed by atoms with Crippen molar-refractivity contribution in [1.82, 2.24) is 0 Å². The normalized spacial score (nSPS) is 42.4. The quantitative estimate of drug-likeness (QED) is 0.443. The van der Waals surface area contributed by atoms with Crippen molar-refractivity contribution in [2.75, 3.05) is 0 Å². The first kappa shape index (κ1) is 25.4. The second-order valence-corrected chi connectivity index (χ2v) is 14.2. The van der Waals surface area contributed by atoms with E-state index >= 15 is 0 Å². The average molecular weight is 459 g/mol. The van der Waals surface area contributed by atoms with Gasteiger partial charge in [0, 0.05) is 11.8 Å². The molecule has 0 aromatic carbocycles. The molecule has 4 rings (SSSR count). The number of rotatable bonds is 5. The van der Waals surface area contributed by atoms with E-state index in [1.165, 1.54) is 32.1 Å². The van der Waals surface area contributed by atoms with Crippen LogP contribution >= 0.6 is 0 Å². The van der Waals surface area contributed by atoms with E-state index in [0.717, 1.165) is 25.7 Å². The first-order valence-electron chi connectivity index (χ1n) is 13.8. The van der Waals surface area contributed by atoms with Gasteiger partial charge in [-0.25, -0.2) is 0 Å². The molecule has 0 bridgehead atoms. The Morgan fingerprint density at radius 1 is 0.939 bits per heavy atom. The van der Waals surface area contributed by atoms with E-state index in [2.05, 4.69) is 41.5 Å². The highest BCUT2D eigenvalue weighted by atomic mass is 16.3. The molecule has 0 aliphatic heterocycles. The molecule has 3 nitrogen and oxygen atoms in total. The zero-order valence-corrected chi connectivity index (χ0v) is 22.7. The topological polar surface area (TPSA) is 57.5 Å². The molecular formula is C30H50O3. The van der Waals surface area contributed by atoms with E-state index in [1.54, 1.807) is 25.0 Å². The fraction of sp³-hybridized carbons (Fsp3) is 0.900. The maximum absolute atomic E-state index is 12.8. The van der Waals surface area contributed by atoms with Gasteiger partial charge < -0.3 is 10.2 Å². The van der Waals surface area contributed by atoms with Crippen molar-refractivity contribution in [2.24, 2.45) is 39.4 Å². The number of hydrogen-bond acceptors (Lipinski definition) is 3. The molecule has 0 aromatic rings. The lowest BCUT2D eigenvalue weighted by molar-refractivity contribution is -0.139. The number of allylic oxidation sites excluding steroid dienone is 2. The molecule has 7 atom stereocenters. The lowest BCUT2D eigenvalue weighted by Gasteiger charge is -2.61. The van der Waals surface area contributed by atoms with Gasteiger partial charge in [0.2, 0.25) is 0 Å². The lowest BCUT2D eigenvalue weighted by atomic mass is 9.43. The molecule has 33 heavy (non-hydrogen) atoms. The van der Waals surface area contributed by atoms with Crippen LogP contribution in [-0.4, -0.2) is 27.7 Å². The molecule has 4 aliphatic rings. The van der Waals surface area contributed by atoms with Crippen LogP contribution in [0.3, 0.4) is 0 Å². The Balaban J connectivity index is 1.61. The van der Waals surface area contributed by atoms with E-state index in [9.17, 15) is 15.0 Å². The molecule has 0 saturated heterocycles. The Morgan fingerprint density at radius 3 is 2.24 bits per heavy atom. The molecule has 0 radical (unpaired) electrons. The minimum Gasteiger partial charge on any atom is -0.390 e. The smallest absolute Gasteiger partial charge is 0.138 e. The summed E-state index contributed by atoms with van der Waals surface area (Å²) >= 11 is 0. The van der Waals surface area contributed by atoms with Gasteiger partial charge in [0.15, 0.2) is 0 Å². The van der Waals surface area contributed by atoms with Gasteiger partial charge >= 0.3 is 0 Å². The minimum atomic E-state index is -1.03. The van der Waals surface area contributed by atoms with Crippen molar-refractivity contribution in [3.8, 4) is 0 Å². The third kappa shape index (κ3) is 3.62. The first-order valence-corrected chi connectivity index (χ1v) is 13.8. The summed E-state index contributed by atoms with van der Waals surface area (Å²) in [5, 5.41) is 20.6. The Hall–Kier alpha value is -0.670. The second kappa shape index (κ2) is 7.92. The lowest BCUT2D eigenvalue weighted by Crippen LogP contribution is -2.53. The number of hydrogen-bond donors (Lipinski definition) is 2. The predicted molar refractivity (Wildman–Crippen MR) is 135 cm³/mol. The van der Waals surface area contributed by atoms with Crippen LogP contribution in [0.2, 0.25) is 0 Å². The third-order valence-electron chi connectivity index (χ3n) is 12.0. The van der Waals surface area contributed by atoms with Crippen molar-refractivity contribution >= 4 is 5.78 Å². The van der Waals surface area contributed by atoms with Crippen molar-refractivity contribution in [1.29, 1.82) is 0 Å². The van der Waals surface area contributed by atoms with Gasteiger partial charge in [-0.05, 0) is 106 Å². The Kier molecular flexibility index (Phi) is 6.10. The summed E-state index contributed by atoms with van der Waals surface area (Å²) in [6.45, 7) is 17.9. The van der Waals surface area contributed by atoms with E-state index in [0.29, 0.717) is 35.4 Å². The molecule has 0 aromatic heterocycles. The number of ketones is 1.